The number of hydrogen-bond donors (Lipinski definition) is 2. The van der Waals surface area contributed by atoms with Crippen LogP contribution < -0.4 is 10.1 Å². The van der Waals surface area contributed by atoms with Gasteiger partial charge in [-0.25, -0.2) is 0 Å². The number of aliphatic hydroxyl groups excluding tert-OH is 1. The van der Waals surface area contributed by atoms with E-state index in [0.29, 0.717) is 17.9 Å². The third kappa shape index (κ3) is 1.89. The first-order valence-corrected chi connectivity index (χ1v) is 5.14. The van der Waals surface area contributed by atoms with E-state index in [-0.39, 0.29) is 0 Å². The van der Waals surface area contributed by atoms with Crippen LogP contribution in [0.3, 0.4) is 0 Å². The second-order valence-corrected chi connectivity index (χ2v) is 3.64. The van der Waals surface area contributed by atoms with E-state index < -0.39 is 6.10 Å². The van der Waals surface area contributed by atoms with Crippen LogP contribution in [0.25, 0.3) is 11.0 Å². The van der Waals surface area contributed by atoms with Crippen LogP contribution >= 0.6 is 0 Å². The Bertz CT molecular complexity index is 478. The van der Waals surface area contributed by atoms with Gasteiger partial charge in [0.05, 0.1) is 19.5 Å². The zero-order chi connectivity index (χ0) is 11.5. The Hall–Kier alpha value is -1.52. The topological polar surface area (TPSA) is 54.6 Å². The Kier molecular flexibility index (Phi) is 3.12. The highest BCUT2D eigenvalue weighted by molar-refractivity contribution is 5.84. The first kappa shape index (κ1) is 11.0. The standard InChI is InChI=1S/C12H15NO3/c1-13-7-10(14)9-5-8-3-4-16-12(8)11(6-9)15-2/h3-6,10,13-14H,7H2,1-2H3. The fourth-order valence-electron chi connectivity index (χ4n) is 1.73. The molecule has 0 spiro atoms. The van der Waals surface area contributed by atoms with Crippen molar-refractivity contribution in [3.8, 4) is 5.75 Å². The van der Waals surface area contributed by atoms with Gasteiger partial charge in [0.15, 0.2) is 11.3 Å². The number of methoxy groups -OCH3 is 1. The number of fused-ring (bicyclic) bond motifs is 1. The maximum absolute atomic E-state index is 9.89. The minimum Gasteiger partial charge on any atom is -0.493 e. The van der Waals surface area contributed by atoms with Crippen molar-refractivity contribution >= 4 is 11.0 Å². The fraction of sp³-hybridized carbons (Fsp3) is 0.333. The molecule has 4 nitrogen and oxygen atoms in total. The van der Waals surface area contributed by atoms with Crippen molar-refractivity contribution in [1.29, 1.82) is 0 Å². The van der Waals surface area contributed by atoms with E-state index >= 15 is 0 Å². The van der Waals surface area contributed by atoms with Gasteiger partial charge in [-0.2, -0.15) is 0 Å². The Balaban J connectivity index is 2.46. The molecular formula is C12H15NO3. The molecule has 0 saturated heterocycles. The predicted molar refractivity (Wildman–Crippen MR) is 61.7 cm³/mol. The summed E-state index contributed by atoms with van der Waals surface area (Å²) in [7, 11) is 3.39. The Morgan fingerprint density at radius 1 is 1.50 bits per heavy atom. The number of aliphatic hydroxyl groups is 1. The lowest BCUT2D eigenvalue weighted by Crippen LogP contribution is -2.16. The molecule has 0 aliphatic heterocycles. The normalized spacial score (nSPS) is 12.9. The van der Waals surface area contributed by atoms with Crippen molar-refractivity contribution in [2.24, 2.45) is 0 Å². The number of rotatable bonds is 4. The number of furan rings is 1. The van der Waals surface area contributed by atoms with Gasteiger partial charge in [-0.15, -0.1) is 0 Å². The highest BCUT2D eigenvalue weighted by atomic mass is 16.5. The summed E-state index contributed by atoms with van der Waals surface area (Å²) >= 11 is 0. The number of nitrogens with one attached hydrogen (secondary N) is 1. The van der Waals surface area contributed by atoms with Crippen LogP contribution in [-0.2, 0) is 0 Å². The van der Waals surface area contributed by atoms with Crippen molar-refractivity contribution < 1.29 is 14.3 Å². The van der Waals surface area contributed by atoms with E-state index in [1.54, 1.807) is 26.5 Å². The zero-order valence-electron chi connectivity index (χ0n) is 9.36. The molecule has 0 aliphatic carbocycles. The minimum absolute atomic E-state index is 0.506. The number of hydrogen-bond acceptors (Lipinski definition) is 4. The van der Waals surface area contributed by atoms with E-state index in [9.17, 15) is 5.11 Å². The lowest BCUT2D eigenvalue weighted by Gasteiger charge is -2.11. The van der Waals surface area contributed by atoms with Gasteiger partial charge in [-0.3, -0.25) is 0 Å². The minimum atomic E-state index is -0.543. The molecule has 0 bridgehead atoms. The molecule has 1 aromatic carbocycles. The van der Waals surface area contributed by atoms with Gasteiger partial charge in [0.25, 0.3) is 0 Å². The first-order valence-electron chi connectivity index (χ1n) is 5.14. The average Bonchev–Trinajstić information content (AvgIpc) is 2.75. The van der Waals surface area contributed by atoms with E-state index in [1.165, 1.54) is 0 Å². The van der Waals surface area contributed by atoms with Crippen LogP contribution in [0.2, 0.25) is 0 Å². The quantitative estimate of drug-likeness (QED) is 0.825. The van der Waals surface area contributed by atoms with Crippen LogP contribution in [0.15, 0.2) is 28.9 Å². The lowest BCUT2D eigenvalue weighted by molar-refractivity contribution is 0.177. The SMILES string of the molecule is CNCC(O)c1cc(OC)c2occc2c1. The van der Waals surface area contributed by atoms with Crippen LogP contribution in [0, 0.1) is 0 Å². The second-order valence-electron chi connectivity index (χ2n) is 3.64. The molecule has 86 valence electrons. The van der Waals surface area contributed by atoms with Crippen LogP contribution in [-0.4, -0.2) is 25.8 Å². The number of likely N-dealkylation sites (N-methyl/N-ethyl adjacent to an activating group) is 1. The summed E-state index contributed by atoms with van der Waals surface area (Å²) in [5, 5.41) is 13.8. The highest BCUT2D eigenvalue weighted by Crippen LogP contribution is 2.30. The molecule has 0 fully saturated rings. The first-order chi connectivity index (χ1) is 7.76. The molecule has 1 unspecified atom stereocenters. The second kappa shape index (κ2) is 4.55. The highest BCUT2D eigenvalue weighted by Gasteiger charge is 2.12. The van der Waals surface area contributed by atoms with Crippen LogP contribution in [0.1, 0.15) is 11.7 Å². The van der Waals surface area contributed by atoms with Crippen molar-refractivity contribution in [2.45, 2.75) is 6.10 Å². The molecule has 1 atom stereocenters. The fourth-order valence-corrected chi connectivity index (χ4v) is 1.73. The van der Waals surface area contributed by atoms with E-state index in [4.69, 9.17) is 9.15 Å². The molecular weight excluding hydrogens is 206 g/mol. The zero-order valence-corrected chi connectivity index (χ0v) is 9.36. The molecule has 4 heteroatoms. The molecule has 2 rings (SSSR count). The monoisotopic (exact) mass is 221 g/mol. The maximum atomic E-state index is 9.89. The summed E-state index contributed by atoms with van der Waals surface area (Å²) in [4.78, 5) is 0. The summed E-state index contributed by atoms with van der Waals surface area (Å²) in [5.74, 6) is 0.646. The summed E-state index contributed by atoms with van der Waals surface area (Å²) < 4.78 is 10.5. The van der Waals surface area contributed by atoms with Crippen molar-refractivity contribution in [1.82, 2.24) is 5.32 Å². The third-order valence-electron chi connectivity index (χ3n) is 2.54. The van der Waals surface area contributed by atoms with Gasteiger partial charge >= 0.3 is 0 Å². The summed E-state index contributed by atoms with van der Waals surface area (Å²) in [5.41, 5.74) is 1.53. The molecule has 0 aliphatic rings. The number of benzene rings is 1. The van der Waals surface area contributed by atoms with Gasteiger partial charge in [-0.1, -0.05) is 0 Å². The predicted octanol–water partition coefficient (Wildman–Crippen LogP) is 1.69. The maximum Gasteiger partial charge on any atom is 0.175 e. The molecule has 1 heterocycles. The summed E-state index contributed by atoms with van der Waals surface area (Å²) in [6, 6.07) is 5.56. The molecule has 0 saturated carbocycles. The molecule has 2 aromatic rings. The average molecular weight is 221 g/mol. The number of ether oxygens (including phenoxy) is 1. The van der Waals surface area contributed by atoms with Gasteiger partial charge in [0.1, 0.15) is 0 Å². The Labute approximate surface area is 93.8 Å². The van der Waals surface area contributed by atoms with Gasteiger partial charge < -0.3 is 19.6 Å². The summed E-state index contributed by atoms with van der Waals surface area (Å²) in [6.45, 7) is 0.506. The van der Waals surface area contributed by atoms with Gasteiger partial charge in [0.2, 0.25) is 0 Å². The van der Waals surface area contributed by atoms with Crippen molar-refractivity contribution in [2.75, 3.05) is 20.7 Å². The van der Waals surface area contributed by atoms with Gasteiger partial charge in [-0.05, 0) is 30.8 Å². The van der Waals surface area contributed by atoms with Gasteiger partial charge in [0, 0.05) is 11.9 Å². The third-order valence-corrected chi connectivity index (χ3v) is 2.54. The molecule has 0 amide bonds. The molecule has 0 radical (unpaired) electrons. The molecule has 16 heavy (non-hydrogen) atoms. The summed E-state index contributed by atoms with van der Waals surface area (Å²) in [6.07, 6.45) is 1.07. The van der Waals surface area contributed by atoms with Crippen molar-refractivity contribution in [3.63, 3.8) is 0 Å². The Morgan fingerprint density at radius 2 is 2.31 bits per heavy atom. The van der Waals surface area contributed by atoms with E-state index in [1.807, 2.05) is 12.1 Å². The van der Waals surface area contributed by atoms with E-state index in [2.05, 4.69) is 5.32 Å². The largest absolute Gasteiger partial charge is 0.493 e. The smallest absolute Gasteiger partial charge is 0.175 e. The Morgan fingerprint density at radius 3 is 3.00 bits per heavy atom. The van der Waals surface area contributed by atoms with Crippen LogP contribution in [0.5, 0.6) is 5.75 Å². The van der Waals surface area contributed by atoms with E-state index in [0.717, 1.165) is 10.9 Å². The lowest BCUT2D eigenvalue weighted by atomic mass is 10.1. The van der Waals surface area contributed by atoms with Crippen LogP contribution in [0.4, 0.5) is 0 Å². The molecule has 1 aromatic heterocycles. The van der Waals surface area contributed by atoms with Crippen molar-refractivity contribution in [3.05, 3.63) is 30.0 Å². The molecule has 2 N–H and O–H groups in total.